The zero-order valence-electron chi connectivity index (χ0n) is 18.0. The maximum absolute atomic E-state index is 12.9. The van der Waals surface area contributed by atoms with Crippen LogP contribution in [-0.2, 0) is 20.9 Å². The van der Waals surface area contributed by atoms with E-state index in [2.05, 4.69) is 11.4 Å². The summed E-state index contributed by atoms with van der Waals surface area (Å²) in [6.45, 7) is 1.61. The van der Waals surface area contributed by atoms with Gasteiger partial charge >= 0.3 is 12.0 Å². The van der Waals surface area contributed by atoms with E-state index in [4.69, 9.17) is 4.74 Å². The van der Waals surface area contributed by atoms with E-state index in [1.54, 1.807) is 6.07 Å². The molecule has 7 nitrogen and oxygen atoms in total. The number of nitrogens with zero attached hydrogens (tertiary/aromatic N) is 2. The lowest BCUT2D eigenvalue weighted by Gasteiger charge is -2.36. The highest BCUT2D eigenvalue weighted by atomic mass is 16.5. The summed E-state index contributed by atoms with van der Waals surface area (Å²) in [6.07, 6.45) is 3.39. The highest BCUT2D eigenvalue weighted by Crippen LogP contribution is 2.38. The monoisotopic (exact) mass is 431 g/mol. The van der Waals surface area contributed by atoms with Crippen LogP contribution in [0.5, 0.6) is 0 Å². The number of imide groups is 1. The van der Waals surface area contributed by atoms with E-state index in [-0.39, 0.29) is 18.4 Å². The van der Waals surface area contributed by atoms with E-state index in [1.807, 2.05) is 49.4 Å². The van der Waals surface area contributed by atoms with E-state index in [1.165, 1.54) is 0 Å². The fraction of sp³-hybridized carbons (Fsp3) is 0.360. The van der Waals surface area contributed by atoms with Crippen LogP contribution in [0.15, 0.2) is 48.5 Å². The smallest absolute Gasteiger partial charge is 0.326 e. The van der Waals surface area contributed by atoms with Crippen LogP contribution >= 0.6 is 0 Å². The second kappa shape index (κ2) is 8.83. The number of urea groups is 1. The predicted molar refractivity (Wildman–Crippen MR) is 117 cm³/mol. The minimum Gasteiger partial charge on any atom is -0.459 e. The van der Waals surface area contributed by atoms with Gasteiger partial charge in [0, 0.05) is 0 Å². The molecule has 1 aliphatic heterocycles. The Morgan fingerprint density at radius 3 is 2.66 bits per heavy atom. The normalized spacial score (nSPS) is 22.5. The molecule has 1 spiro atoms. The van der Waals surface area contributed by atoms with Gasteiger partial charge in [-0.2, -0.15) is 5.26 Å². The first-order valence-corrected chi connectivity index (χ1v) is 10.8. The first-order chi connectivity index (χ1) is 15.4. The van der Waals surface area contributed by atoms with E-state index in [9.17, 15) is 19.6 Å². The number of hydrogen-bond acceptors (Lipinski definition) is 5. The molecule has 2 aliphatic rings. The van der Waals surface area contributed by atoms with Crippen molar-refractivity contribution in [2.75, 3.05) is 6.54 Å². The molecule has 2 unspecified atom stereocenters. The molecule has 7 heteroatoms. The lowest BCUT2D eigenvalue weighted by Crippen LogP contribution is -2.54. The average Bonchev–Trinajstić information content (AvgIpc) is 3.05. The summed E-state index contributed by atoms with van der Waals surface area (Å²) >= 11 is 0. The summed E-state index contributed by atoms with van der Waals surface area (Å²) in [4.78, 5) is 38.7. The molecule has 2 aromatic carbocycles. The molecule has 32 heavy (non-hydrogen) atoms. The Morgan fingerprint density at radius 2 is 1.94 bits per heavy atom. The molecule has 1 saturated carbocycles. The minimum atomic E-state index is -0.884. The van der Waals surface area contributed by atoms with Crippen molar-refractivity contribution in [3.05, 3.63) is 59.7 Å². The summed E-state index contributed by atoms with van der Waals surface area (Å²) in [7, 11) is 0. The fourth-order valence-electron chi connectivity index (χ4n) is 4.59. The first kappa shape index (κ1) is 21.6. The van der Waals surface area contributed by atoms with Crippen LogP contribution in [-0.4, -0.2) is 34.9 Å². The van der Waals surface area contributed by atoms with Crippen molar-refractivity contribution in [2.24, 2.45) is 5.92 Å². The summed E-state index contributed by atoms with van der Waals surface area (Å²) in [6, 6.07) is 16.4. The van der Waals surface area contributed by atoms with Gasteiger partial charge in [0.15, 0.2) is 0 Å². The molecule has 1 N–H and O–H groups in total. The molecule has 0 radical (unpaired) electrons. The van der Waals surface area contributed by atoms with Crippen molar-refractivity contribution in [3.63, 3.8) is 0 Å². The van der Waals surface area contributed by atoms with Crippen LogP contribution in [0.25, 0.3) is 11.1 Å². The van der Waals surface area contributed by atoms with Crippen LogP contribution in [0.1, 0.15) is 43.7 Å². The Labute approximate surface area is 187 Å². The van der Waals surface area contributed by atoms with Gasteiger partial charge < -0.3 is 10.1 Å². The van der Waals surface area contributed by atoms with Crippen LogP contribution in [0.2, 0.25) is 0 Å². The van der Waals surface area contributed by atoms with Crippen molar-refractivity contribution >= 4 is 17.9 Å². The highest BCUT2D eigenvalue weighted by molar-refractivity contribution is 6.09. The molecular formula is C25H25N3O4. The van der Waals surface area contributed by atoms with Crippen molar-refractivity contribution in [2.45, 2.75) is 44.8 Å². The third-order valence-electron chi connectivity index (χ3n) is 6.50. The van der Waals surface area contributed by atoms with Gasteiger partial charge in [-0.05, 0) is 41.5 Å². The van der Waals surface area contributed by atoms with Crippen molar-refractivity contribution in [1.82, 2.24) is 10.2 Å². The highest BCUT2D eigenvalue weighted by Gasteiger charge is 2.55. The zero-order valence-corrected chi connectivity index (χ0v) is 18.0. The maximum Gasteiger partial charge on any atom is 0.326 e. The van der Waals surface area contributed by atoms with Gasteiger partial charge in [0.2, 0.25) is 0 Å². The number of nitrogens with one attached hydrogen (secondary N) is 1. The third-order valence-corrected chi connectivity index (χ3v) is 6.50. The number of ether oxygens (including phenoxy) is 1. The Kier molecular flexibility index (Phi) is 5.95. The van der Waals surface area contributed by atoms with Crippen LogP contribution in [0.4, 0.5) is 4.79 Å². The average molecular weight is 431 g/mol. The topological polar surface area (TPSA) is 99.5 Å². The molecule has 0 bridgehead atoms. The second-order valence-electron chi connectivity index (χ2n) is 8.45. The van der Waals surface area contributed by atoms with Gasteiger partial charge in [0.05, 0.1) is 11.6 Å². The van der Waals surface area contributed by atoms with Crippen LogP contribution in [0, 0.1) is 17.2 Å². The summed E-state index contributed by atoms with van der Waals surface area (Å²) in [5.41, 5.74) is 2.20. The summed E-state index contributed by atoms with van der Waals surface area (Å²) in [5, 5.41) is 12.1. The van der Waals surface area contributed by atoms with Crippen molar-refractivity contribution in [1.29, 1.82) is 5.26 Å². The lowest BCUT2D eigenvalue weighted by molar-refractivity contribution is -0.149. The SMILES string of the molecule is CC1CCCCC12NC(=O)N(CC(=O)OCc1ccc(-c3ccccc3C#N)cc1)C2=O. The summed E-state index contributed by atoms with van der Waals surface area (Å²) in [5.74, 6) is -0.918. The quantitative estimate of drug-likeness (QED) is 0.574. The molecule has 3 amide bonds. The van der Waals surface area contributed by atoms with Crippen molar-refractivity contribution < 1.29 is 19.1 Å². The second-order valence-corrected chi connectivity index (χ2v) is 8.45. The van der Waals surface area contributed by atoms with E-state index in [0.29, 0.717) is 12.0 Å². The number of rotatable bonds is 5. The van der Waals surface area contributed by atoms with E-state index < -0.39 is 24.1 Å². The van der Waals surface area contributed by atoms with E-state index in [0.717, 1.165) is 40.9 Å². The molecule has 1 aliphatic carbocycles. The number of esters is 1. The molecular weight excluding hydrogens is 406 g/mol. The number of nitriles is 1. The van der Waals surface area contributed by atoms with Crippen LogP contribution in [0.3, 0.4) is 0 Å². The number of benzene rings is 2. The zero-order chi connectivity index (χ0) is 22.7. The number of hydrogen-bond donors (Lipinski definition) is 1. The number of carbonyl (C=O) groups is 3. The third kappa shape index (κ3) is 3.96. The molecule has 1 heterocycles. The van der Waals surface area contributed by atoms with Crippen LogP contribution < -0.4 is 5.32 Å². The summed E-state index contributed by atoms with van der Waals surface area (Å²) < 4.78 is 5.31. The lowest BCUT2D eigenvalue weighted by atomic mass is 9.73. The number of amides is 3. The minimum absolute atomic E-state index is 0.0319. The van der Waals surface area contributed by atoms with Gasteiger partial charge in [0.25, 0.3) is 5.91 Å². The first-order valence-electron chi connectivity index (χ1n) is 10.8. The van der Waals surface area contributed by atoms with E-state index >= 15 is 0 Å². The Hall–Kier alpha value is -3.66. The molecule has 164 valence electrons. The predicted octanol–water partition coefficient (Wildman–Crippen LogP) is 3.77. The largest absolute Gasteiger partial charge is 0.459 e. The molecule has 2 fully saturated rings. The van der Waals surface area contributed by atoms with Crippen molar-refractivity contribution in [3.8, 4) is 17.2 Å². The van der Waals surface area contributed by atoms with Gasteiger partial charge in [-0.3, -0.25) is 14.5 Å². The maximum atomic E-state index is 12.9. The van der Waals surface area contributed by atoms with Gasteiger partial charge in [-0.15, -0.1) is 0 Å². The van der Waals surface area contributed by atoms with Gasteiger partial charge in [0.1, 0.15) is 18.7 Å². The number of carbonyl (C=O) groups excluding carboxylic acids is 3. The van der Waals surface area contributed by atoms with Gasteiger partial charge in [-0.1, -0.05) is 62.2 Å². The van der Waals surface area contributed by atoms with Gasteiger partial charge in [-0.25, -0.2) is 4.79 Å². The molecule has 4 rings (SSSR count). The Bertz CT molecular complexity index is 1090. The molecule has 2 aromatic rings. The Morgan fingerprint density at radius 1 is 1.19 bits per heavy atom. The standard InChI is InChI=1S/C25H25N3O4/c1-17-6-4-5-13-25(17)23(30)28(24(31)27-25)15-22(29)32-16-18-9-11-19(12-10-18)21-8-3-2-7-20(21)14-26/h2-3,7-12,17H,4-6,13,15-16H2,1H3,(H,27,31). The molecule has 1 saturated heterocycles. The molecule has 0 aromatic heterocycles. The fourth-order valence-corrected chi connectivity index (χ4v) is 4.59. The Balaban J connectivity index is 1.36. The molecule has 2 atom stereocenters.